The number of benzene rings is 2. The fraction of sp³-hybridized carbons (Fsp3) is 0.348. The minimum absolute atomic E-state index is 0.0569. The van der Waals surface area contributed by atoms with Crippen LogP contribution in [-0.4, -0.2) is 34.2 Å². The third-order valence-electron chi connectivity index (χ3n) is 5.50. The molecule has 2 aromatic carbocycles. The van der Waals surface area contributed by atoms with Gasteiger partial charge >= 0.3 is 6.03 Å². The summed E-state index contributed by atoms with van der Waals surface area (Å²) < 4.78 is 5.52. The number of piperidine rings is 1. The highest BCUT2D eigenvalue weighted by molar-refractivity contribution is 5.89. The summed E-state index contributed by atoms with van der Waals surface area (Å²) in [7, 11) is 0. The van der Waals surface area contributed by atoms with Gasteiger partial charge in [-0.1, -0.05) is 54.0 Å². The second-order valence-corrected chi connectivity index (χ2v) is 7.56. The van der Waals surface area contributed by atoms with Gasteiger partial charge in [0.15, 0.2) is 0 Å². The second kappa shape index (κ2) is 8.47. The molecule has 29 heavy (non-hydrogen) atoms. The Hall–Kier alpha value is -3.15. The van der Waals surface area contributed by atoms with Crippen LogP contribution in [0, 0.1) is 6.92 Å². The van der Waals surface area contributed by atoms with Gasteiger partial charge in [-0.05, 0) is 43.9 Å². The molecule has 1 aliphatic rings. The number of aromatic nitrogens is 2. The number of anilines is 1. The minimum atomic E-state index is -0.0569. The Labute approximate surface area is 170 Å². The van der Waals surface area contributed by atoms with E-state index in [1.165, 1.54) is 11.1 Å². The largest absolute Gasteiger partial charge is 0.339 e. The molecule has 3 aromatic rings. The Kier molecular flexibility index (Phi) is 5.60. The zero-order valence-electron chi connectivity index (χ0n) is 16.9. The van der Waals surface area contributed by atoms with Crippen LogP contribution in [0.1, 0.15) is 42.7 Å². The van der Waals surface area contributed by atoms with Crippen molar-refractivity contribution in [2.24, 2.45) is 0 Å². The highest BCUT2D eigenvalue weighted by Gasteiger charge is 2.27. The van der Waals surface area contributed by atoms with Gasteiger partial charge in [0.25, 0.3) is 0 Å². The summed E-state index contributed by atoms with van der Waals surface area (Å²) >= 11 is 0. The Morgan fingerprint density at radius 2 is 1.79 bits per heavy atom. The number of carbonyl (C=O) groups is 1. The molecular formula is C23H26N4O2. The third kappa shape index (κ3) is 4.47. The number of hydrogen-bond acceptors (Lipinski definition) is 4. The van der Waals surface area contributed by atoms with Crippen molar-refractivity contribution in [1.82, 2.24) is 15.0 Å². The van der Waals surface area contributed by atoms with E-state index in [2.05, 4.69) is 29.3 Å². The highest BCUT2D eigenvalue weighted by Crippen LogP contribution is 2.29. The lowest BCUT2D eigenvalue weighted by atomic mass is 9.97. The summed E-state index contributed by atoms with van der Waals surface area (Å²) in [6, 6.07) is 16.0. The zero-order chi connectivity index (χ0) is 20.2. The van der Waals surface area contributed by atoms with Crippen molar-refractivity contribution >= 4 is 11.7 Å². The van der Waals surface area contributed by atoms with Crippen LogP contribution in [0.25, 0.3) is 11.4 Å². The van der Waals surface area contributed by atoms with Crippen LogP contribution in [0.4, 0.5) is 10.5 Å². The van der Waals surface area contributed by atoms with E-state index >= 15 is 0 Å². The molecule has 0 unspecified atom stereocenters. The number of urea groups is 1. The van der Waals surface area contributed by atoms with E-state index in [1.54, 1.807) is 0 Å². The second-order valence-electron chi connectivity index (χ2n) is 7.56. The Balaban J connectivity index is 1.33. The Bertz CT molecular complexity index is 955. The molecule has 2 amide bonds. The summed E-state index contributed by atoms with van der Waals surface area (Å²) in [4.78, 5) is 19.0. The topological polar surface area (TPSA) is 71.3 Å². The smallest absolute Gasteiger partial charge is 0.321 e. The maximum absolute atomic E-state index is 12.5. The van der Waals surface area contributed by atoms with Gasteiger partial charge in [-0.25, -0.2) is 4.79 Å². The van der Waals surface area contributed by atoms with Crippen LogP contribution in [0.3, 0.4) is 0 Å². The maximum atomic E-state index is 12.5. The maximum Gasteiger partial charge on any atom is 0.321 e. The summed E-state index contributed by atoms with van der Waals surface area (Å²) in [6.45, 7) is 5.51. The number of aryl methyl sites for hydroxylation is 2. The average Bonchev–Trinajstić information content (AvgIpc) is 3.25. The number of rotatable bonds is 4. The van der Waals surface area contributed by atoms with Crippen molar-refractivity contribution in [3.05, 3.63) is 65.5 Å². The van der Waals surface area contributed by atoms with E-state index in [0.29, 0.717) is 24.8 Å². The summed E-state index contributed by atoms with van der Waals surface area (Å²) in [6.07, 6.45) is 2.62. The summed E-state index contributed by atoms with van der Waals surface area (Å²) in [5, 5.41) is 7.12. The van der Waals surface area contributed by atoms with Gasteiger partial charge in [-0.2, -0.15) is 4.98 Å². The fourth-order valence-electron chi connectivity index (χ4n) is 3.58. The normalized spacial score (nSPS) is 14.8. The van der Waals surface area contributed by atoms with Gasteiger partial charge in [-0.3, -0.25) is 0 Å². The summed E-state index contributed by atoms with van der Waals surface area (Å²) in [5.41, 5.74) is 4.24. The molecular weight excluding hydrogens is 364 g/mol. The predicted molar refractivity (Wildman–Crippen MR) is 113 cm³/mol. The molecule has 1 saturated heterocycles. The number of carbonyl (C=O) groups excluding carboxylic acids is 1. The zero-order valence-corrected chi connectivity index (χ0v) is 16.9. The Morgan fingerprint density at radius 1 is 1.10 bits per heavy atom. The van der Waals surface area contributed by atoms with E-state index < -0.39 is 0 Å². The standard InChI is InChI=1S/C23H26N4O2/c1-3-17-6-10-20(11-7-17)24-23(28)27-14-12-19(13-15-27)22-25-21(26-29-22)18-8-4-16(2)5-9-18/h4-11,19H,3,12-15H2,1-2H3,(H,24,28). The van der Waals surface area contributed by atoms with Gasteiger partial charge < -0.3 is 14.7 Å². The molecule has 1 fully saturated rings. The Morgan fingerprint density at radius 3 is 2.45 bits per heavy atom. The molecule has 6 nitrogen and oxygen atoms in total. The monoisotopic (exact) mass is 390 g/mol. The van der Waals surface area contributed by atoms with Crippen molar-refractivity contribution in [1.29, 1.82) is 0 Å². The molecule has 2 heterocycles. The number of amides is 2. The van der Waals surface area contributed by atoms with Crippen molar-refractivity contribution < 1.29 is 9.32 Å². The molecule has 6 heteroatoms. The number of nitrogens with one attached hydrogen (secondary N) is 1. The lowest BCUT2D eigenvalue weighted by Crippen LogP contribution is -2.40. The predicted octanol–water partition coefficient (Wildman–Crippen LogP) is 5.02. The van der Waals surface area contributed by atoms with Crippen molar-refractivity contribution in [2.75, 3.05) is 18.4 Å². The summed E-state index contributed by atoms with van der Waals surface area (Å²) in [5.74, 6) is 1.47. The minimum Gasteiger partial charge on any atom is -0.339 e. The van der Waals surface area contributed by atoms with Crippen LogP contribution in [0.15, 0.2) is 53.1 Å². The highest BCUT2D eigenvalue weighted by atomic mass is 16.5. The van der Waals surface area contributed by atoms with Gasteiger partial charge in [0, 0.05) is 30.3 Å². The molecule has 0 aliphatic carbocycles. The molecule has 0 atom stereocenters. The van der Waals surface area contributed by atoms with E-state index in [0.717, 1.165) is 30.5 Å². The number of likely N-dealkylation sites (tertiary alicyclic amines) is 1. The first kappa shape index (κ1) is 19.2. The lowest BCUT2D eigenvalue weighted by molar-refractivity contribution is 0.187. The average molecular weight is 390 g/mol. The molecule has 0 bridgehead atoms. The number of nitrogens with zero attached hydrogens (tertiary/aromatic N) is 3. The molecule has 0 spiro atoms. The van der Waals surface area contributed by atoms with Crippen LogP contribution in [-0.2, 0) is 6.42 Å². The van der Waals surface area contributed by atoms with Crippen molar-refractivity contribution in [2.45, 2.75) is 39.0 Å². The third-order valence-corrected chi connectivity index (χ3v) is 5.50. The van der Waals surface area contributed by atoms with Gasteiger partial charge in [-0.15, -0.1) is 0 Å². The van der Waals surface area contributed by atoms with Gasteiger partial charge in [0.2, 0.25) is 11.7 Å². The molecule has 1 N–H and O–H groups in total. The van der Waals surface area contributed by atoms with E-state index in [9.17, 15) is 4.79 Å². The van der Waals surface area contributed by atoms with Crippen LogP contribution < -0.4 is 5.32 Å². The fourth-order valence-corrected chi connectivity index (χ4v) is 3.58. The first-order chi connectivity index (χ1) is 14.1. The quantitative estimate of drug-likeness (QED) is 0.679. The molecule has 1 aliphatic heterocycles. The van der Waals surface area contributed by atoms with Crippen molar-refractivity contribution in [3.63, 3.8) is 0 Å². The number of hydrogen-bond donors (Lipinski definition) is 1. The molecule has 150 valence electrons. The first-order valence-corrected chi connectivity index (χ1v) is 10.2. The van der Waals surface area contributed by atoms with E-state index in [4.69, 9.17) is 4.52 Å². The lowest BCUT2D eigenvalue weighted by Gasteiger charge is -2.30. The van der Waals surface area contributed by atoms with Crippen LogP contribution in [0.2, 0.25) is 0 Å². The first-order valence-electron chi connectivity index (χ1n) is 10.2. The van der Waals surface area contributed by atoms with Gasteiger partial charge in [0.05, 0.1) is 0 Å². The van der Waals surface area contributed by atoms with Gasteiger partial charge in [0.1, 0.15) is 0 Å². The molecule has 0 radical (unpaired) electrons. The molecule has 1 aromatic heterocycles. The van der Waals surface area contributed by atoms with Crippen LogP contribution in [0.5, 0.6) is 0 Å². The van der Waals surface area contributed by atoms with Crippen LogP contribution >= 0.6 is 0 Å². The SMILES string of the molecule is CCc1ccc(NC(=O)N2CCC(c3nc(-c4ccc(C)cc4)no3)CC2)cc1. The van der Waals surface area contributed by atoms with E-state index in [1.807, 2.05) is 53.4 Å². The molecule has 0 saturated carbocycles. The van der Waals surface area contributed by atoms with Crippen molar-refractivity contribution in [3.8, 4) is 11.4 Å². The molecule has 4 rings (SSSR count). The van der Waals surface area contributed by atoms with E-state index in [-0.39, 0.29) is 11.9 Å².